The van der Waals surface area contributed by atoms with Crippen molar-refractivity contribution in [1.29, 1.82) is 0 Å². The van der Waals surface area contributed by atoms with Gasteiger partial charge in [0.1, 0.15) is 0 Å². The molecule has 0 spiro atoms. The minimum Gasteiger partial charge on any atom is -0.323 e. The van der Waals surface area contributed by atoms with Gasteiger partial charge in [0.15, 0.2) is 0 Å². The van der Waals surface area contributed by atoms with Crippen molar-refractivity contribution in [2.24, 2.45) is 5.84 Å². The van der Waals surface area contributed by atoms with Gasteiger partial charge in [0.2, 0.25) is 0 Å². The molecule has 0 saturated heterocycles. The Morgan fingerprint density at radius 3 is 2.19 bits per heavy atom. The SMILES string of the molecule is NN/C(=C1/C=CC=CC1)c1ccc(-c2ccccc2)cc1. The number of hydrazine groups is 1. The summed E-state index contributed by atoms with van der Waals surface area (Å²) in [5.41, 5.74) is 8.56. The molecule has 3 N–H and O–H groups in total. The second-order valence-corrected chi connectivity index (χ2v) is 4.98. The van der Waals surface area contributed by atoms with E-state index in [1.165, 1.54) is 16.7 Å². The molecule has 104 valence electrons. The van der Waals surface area contributed by atoms with E-state index in [0.29, 0.717) is 0 Å². The van der Waals surface area contributed by atoms with Crippen molar-refractivity contribution in [3.8, 4) is 11.1 Å². The average Bonchev–Trinajstić information content (AvgIpc) is 2.58. The second-order valence-electron chi connectivity index (χ2n) is 4.98. The fraction of sp³-hybridized carbons (Fsp3) is 0.0526. The Kier molecular flexibility index (Phi) is 3.99. The third-order valence-electron chi connectivity index (χ3n) is 3.63. The summed E-state index contributed by atoms with van der Waals surface area (Å²) >= 11 is 0. The maximum atomic E-state index is 5.72. The lowest BCUT2D eigenvalue weighted by Gasteiger charge is -2.13. The van der Waals surface area contributed by atoms with Gasteiger partial charge in [-0.3, -0.25) is 5.84 Å². The van der Waals surface area contributed by atoms with Crippen LogP contribution in [0, 0.1) is 0 Å². The fourth-order valence-corrected chi connectivity index (χ4v) is 2.52. The van der Waals surface area contributed by atoms with Crippen LogP contribution in [-0.2, 0) is 0 Å². The smallest absolute Gasteiger partial charge is 0.0592 e. The summed E-state index contributed by atoms with van der Waals surface area (Å²) in [6.07, 6.45) is 9.21. The van der Waals surface area contributed by atoms with Crippen LogP contribution in [0.4, 0.5) is 0 Å². The molecule has 0 fully saturated rings. The Morgan fingerprint density at radius 2 is 1.57 bits per heavy atom. The summed E-state index contributed by atoms with van der Waals surface area (Å²) in [7, 11) is 0. The van der Waals surface area contributed by atoms with Crippen LogP contribution in [0.1, 0.15) is 12.0 Å². The van der Waals surface area contributed by atoms with Crippen LogP contribution in [-0.4, -0.2) is 0 Å². The Balaban J connectivity index is 1.93. The van der Waals surface area contributed by atoms with E-state index in [9.17, 15) is 0 Å². The predicted octanol–water partition coefficient (Wildman–Crippen LogP) is 4.04. The van der Waals surface area contributed by atoms with Crippen LogP contribution < -0.4 is 11.3 Å². The van der Waals surface area contributed by atoms with E-state index in [1.807, 2.05) is 12.1 Å². The highest BCUT2D eigenvalue weighted by atomic mass is 15.2. The van der Waals surface area contributed by atoms with Crippen molar-refractivity contribution in [3.63, 3.8) is 0 Å². The molecular formula is C19H18N2. The van der Waals surface area contributed by atoms with E-state index in [-0.39, 0.29) is 0 Å². The van der Waals surface area contributed by atoms with Crippen molar-refractivity contribution in [3.05, 3.63) is 90.0 Å². The fourth-order valence-electron chi connectivity index (χ4n) is 2.52. The number of rotatable bonds is 3. The monoisotopic (exact) mass is 274 g/mol. The molecule has 0 unspecified atom stereocenters. The molecule has 21 heavy (non-hydrogen) atoms. The van der Waals surface area contributed by atoms with Gasteiger partial charge in [0.25, 0.3) is 0 Å². The first-order chi connectivity index (χ1) is 10.4. The van der Waals surface area contributed by atoms with Crippen molar-refractivity contribution in [1.82, 2.24) is 5.43 Å². The van der Waals surface area contributed by atoms with Gasteiger partial charge < -0.3 is 5.43 Å². The number of hydrogen-bond donors (Lipinski definition) is 2. The molecule has 3 rings (SSSR count). The number of nitrogens with one attached hydrogen (secondary N) is 1. The molecule has 0 radical (unpaired) electrons. The highest BCUT2D eigenvalue weighted by Gasteiger charge is 2.07. The maximum Gasteiger partial charge on any atom is 0.0592 e. The van der Waals surface area contributed by atoms with Crippen LogP contribution in [0.15, 0.2) is 84.5 Å². The molecule has 2 nitrogen and oxygen atoms in total. The number of benzene rings is 2. The Morgan fingerprint density at radius 1 is 0.857 bits per heavy atom. The topological polar surface area (TPSA) is 38.0 Å². The zero-order chi connectivity index (χ0) is 14.5. The third kappa shape index (κ3) is 2.96. The number of hydrogen-bond acceptors (Lipinski definition) is 2. The van der Waals surface area contributed by atoms with Crippen molar-refractivity contribution in [2.75, 3.05) is 0 Å². The average molecular weight is 274 g/mol. The lowest BCUT2D eigenvalue weighted by atomic mass is 9.98. The minimum atomic E-state index is 0.899. The van der Waals surface area contributed by atoms with Crippen LogP contribution in [0.25, 0.3) is 16.8 Å². The van der Waals surface area contributed by atoms with Crippen LogP contribution in [0.3, 0.4) is 0 Å². The third-order valence-corrected chi connectivity index (χ3v) is 3.63. The van der Waals surface area contributed by atoms with Gasteiger partial charge in [-0.15, -0.1) is 0 Å². The summed E-state index contributed by atoms with van der Waals surface area (Å²) in [6.45, 7) is 0. The Bertz CT molecular complexity index is 692. The normalized spacial score (nSPS) is 15.9. The van der Waals surface area contributed by atoms with Crippen LogP contribution in [0.2, 0.25) is 0 Å². The Hall–Kier alpha value is -2.58. The molecule has 2 heteroatoms. The second kappa shape index (κ2) is 6.25. The molecule has 1 aliphatic carbocycles. The molecule has 0 amide bonds. The van der Waals surface area contributed by atoms with E-state index in [1.54, 1.807) is 0 Å². The molecular weight excluding hydrogens is 256 g/mol. The summed E-state index contributed by atoms with van der Waals surface area (Å²) < 4.78 is 0. The maximum absolute atomic E-state index is 5.72. The zero-order valence-corrected chi connectivity index (χ0v) is 11.8. The van der Waals surface area contributed by atoms with E-state index < -0.39 is 0 Å². The van der Waals surface area contributed by atoms with Gasteiger partial charge in [-0.1, -0.05) is 78.9 Å². The summed E-state index contributed by atoms with van der Waals surface area (Å²) in [5.74, 6) is 5.72. The Labute approximate surface area is 125 Å². The molecule has 1 aliphatic rings. The standard InChI is InChI=1S/C19H18N2/c20-21-19(17-9-5-2-6-10-17)18-13-11-16(12-14-18)15-7-3-1-4-8-15/h1-9,11-14,21H,10,20H2/b19-17-. The van der Waals surface area contributed by atoms with Gasteiger partial charge >= 0.3 is 0 Å². The first kappa shape index (κ1) is 13.4. The lowest BCUT2D eigenvalue weighted by molar-refractivity contribution is 0.975. The molecule has 0 bridgehead atoms. The number of nitrogens with two attached hydrogens (primary N) is 1. The van der Waals surface area contributed by atoms with Gasteiger partial charge in [-0.2, -0.15) is 0 Å². The molecule has 0 heterocycles. The predicted molar refractivity (Wildman–Crippen MR) is 89.0 cm³/mol. The van der Waals surface area contributed by atoms with Crippen molar-refractivity contribution in [2.45, 2.75) is 6.42 Å². The van der Waals surface area contributed by atoms with Gasteiger partial charge in [-0.25, -0.2) is 0 Å². The summed E-state index contributed by atoms with van der Waals surface area (Å²) in [6, 6.07) is 18.8. The van der Waals surface area contributed by atoms with Gasteiger partial charge in [-0.05, 0) is 28.7 Å². The van der Waals surface area contributed by atoms with E-state index in [0.717, 1.165) is 17.7 Å². The molecule has 2 aromatic rings. The molecule has 0 aromatic heterocycles. The molecule has 0 atom stereocenters. The molecule has 0 saturated carbocycles. The number of allylic oxidation sites excluding steroid dienone is 5. The molecule has 0 aliphatic heterocycles. The molecule has 2 aromatic carbocycles. The summed E-state index contributed by atoms with van der Waals surface area (Å²) in [4.78, 5) is 0. The highest BCUT2D eigenvalue weighted by Crippen LogP contribution is 2.25. The highest BCUT2D eigenvalue weighted by molar-refractivity contribution is 5.73. The van der Waals surface area contributed by atoms with E-state index >= 15 is 0 Å². The van der Waals surface area contributed by atoms with Crippen LogP contribution >= 0.6 is 0 Å². The minimum absolute atomic E-state index is 0.899. The van der Waals surface area contributed by atoms with Crippen LogP contribution in [0.5, 0.6) is 0 Å². The lowest BCUT2D eigenvalue weighted by Crippen LogP contribution is -2.21. The van der Waals surface area contributed by atoms with Gasteiger partial charge in [0, 0.05) is 0 Å². The van der Waals surface area contributed by atoms with Gasteiger partial charge in [0.05, 0.1) is 5.70 Å². The largest absolute Gasteiger partial charge is 0.323 e. The van der Waals surface area contributed by atoms with E-state index in [2.05, 4.69) is 72.2 Å². The van der Waals surface area contributed by atoms with Crippen molar-refractivity contribution < 1.29 is 0 Å². The zero-order valence-electron chi connectivity index (χ0n) is 11.8. The quantitative estimate of drug-likeness (QED) is 0.654. The van der Waals surface area contributed by atoms with Crippen molar-refractivity contribution >= 4 is 5.70 Å². The first-order valence-electron chi connectivity index (χ1n) is 7.07. The van der Waals surface area contributed by atoms with E-state index in [4.69, 9.17) is 5.84 Å². The summed E-state index contributed by atoms with van der Waals surface area (Å²) in [5, 5.41) is 0. The first-order valence-corrected chi connectivity index (χ1v) is 7.07.